The third kappa shape index (κ3) is 6.12. The molecule has 1 fully saturated rings. The van der Waals surface area contributed by atoms with Crippen molar-refractivity contribution in [1.29, 1.82) is 0 Å². The third-order valence-corrected chi connectivity index (χ3v) is 3.51. The summed E-state index contributed by atoms with van der Waals surface area (Å²) in [5.74, 6) is 0.660. The van der Waals surface area contributed by atoms with Crippen LogP contribution >= 0.6 is 12.4 Å². The Hall–Kier alpha value is -1.46. The number of nitrogens with one attached hydrogen (secondary N) is 1. The molecule has 1 amide bonds. The van der Waals surface area contributed by atoms with Gasteiger partial charge in [-0.1, -0.05) is 18.6 Å². The van der Waals surface area contributed by atoms with Crippen LogP contribution in [-0.2, 0) is 4.74 Å². The molecule has 0 saturated carbocycles. The van der Waals surface area contributed by atoms with Crippen LogP contribution in [-0.4, -0.2) is 43.8 Å². The van der Waals surface area contributed by atoms with Gasteiger partial charge in [-0.15, -0.1) is 12.4 Å². The van der Waals surface area contributed by atoms with Gasteiger partial charge in [0.15, 0.2) is 0 Å². The second-order valence-electron chi connectivity index (χ2n) is 5.09. The average molecular weight is 329 g/mol. The molecule has 1 aromatic rings. The lowest BCUT2D eigenvalue weighted by Crippen LogP contribution is -2.33. The Morgan fingerprint density at radius 2 is 1.95 bits per heavy atom. The van der Waals surface area contributed by atoms with Crippen LogP contribution < -0.4 is 10.1 Å². The van der Waals surface area contributed by atoms with Crippen molar-refractivity contribution in [3.05, 3.63) is 24.3 Å². The van der Waals surface area contributed by atoms with Crippen molar-refractivity contribution in [3.8, 4) is 5.75 Å². The maximum absolute atomic E-state index is 11.8. The molecule has 1 N–H and O–H groups in total. The van der Waals surface area contributed by atoms with Gasteiger partial charge in [-0.2, -0.15) is 0 Å². The van der Waals surface area contributed by atoms with Gasteiger partial charge in [0.1, 0.15) is 12.4 Å². The van der Waals surface area contributed by atoms with Crippen LogP contribution in [0.4, 0.5) is 10.5 Å². The van der Waals surface area contributed by atoms with E-state index >= 15 is 0 Å². The predicted octanol–water partition coefficient (Wildman–Crippen LogP) is 3.54. The maximum atomic E-state index is 11.8. The minimum Gasteiger partial charge on any atom is -0.492 e. The Kier molecular flexibility index (Phi) is 8.70. The lowest BCUT2D eigenvalue weighted by molar-refractivity contribution is 0.131. The van der Waals surface area contributed by atoms with Gasteiger partial charge >= 0.3 is 6.09 Å². The number of para-hydroxylation sites is 2. The number of nitrogens with zero attached hydrogens (tertiary/aromatic N) is 1. The highest BCUT2D eigenvalue weighted by Gasteiger charge is 2.11. The van der Waals surface area contributed by atoms with E-state index in [1.165, 1.54) is 19.3 Å². The number of ether oxygens (including phenoxy) is 2. The first-order chi connectivity index (χ1) is 10.3. The molecule has 22 heavy (non-hydrogen) atoms. The van der Waals surface area contributed by atoms with Crippen molar-refractivity contribution in [1.82, 2.24) is 4.90 Å². The molecule has 1 aliphatic heterocycles. The first kappa shape index (κ1) is 18.6. The summed E-state index contributed by atoms with van der Waals surface area (Å²) < 4.78 is 10.7. The predicted molar refractivity (Wildman–Crippen MR) is 90.1 cm³/mol. The molecule has 0 aromatic heterocycles. The number of anilines is 1. The number of rotatable bonds is 6. The van der Waals surface area contributed by atoms with E-state index in [4.69, 9.17) is 9.47 Å². The fourth-order valence-electron chi connectivity index (χ4n) is 2.45. The van der Waals surface area contributed by atoms with Crippen LogP contribution in [0.3, 0.4) is 0 Å². The molecule has 5 nitrogen and oxygen atoms in total. The summed E-state index contributed by atoms with van der Waals surface area (Å²) in [6.45, 7) is 5.91. The largest absolute Gasteiger partial charge is 0.492 e. The van der Waals surface area contributed by atoms with Crippen molar-refractivity contribution in [2.45, 2.75) is 26.2 Å². The second kappa shape index (κ2) is 10.3. The lowest BCUT2D eigenvalue weighted by atomic mass is 10.1. The van der Waals surface area contributed by atoms with Crippen LogP contribution in [0.25, 0.3) is 0 Å². The molecule has 1 saturated heterocycles. The van der Waals surface area contributed by atoms with Gasteiger partial charge in [-0.25, -0.2) is 4.79 Å². The molecule has 2 rings (SSSR count). The zero-order chi connectivity index (χ0) is 14.9. The Balaban J connectivity index is 0.00000242. The number of carbonyl (C=O) groups is 1. The standard InChI is InChI=1S/C16H24N2O3.ClH/c1-2-20-15-9-5-4-8-14(15)17-16(19)21-13-12-18-10-6-3-7-11-18;/h4-5,8-9H,2-3,6-7,10-13H2,1H3,(H,17,19);1H. The van der Waals surface area contributed by atoms with Crippen LogP contribution in [0.15, 0.2) is 24.3 Å². The van der Waals surface area contributed by atoms with E-state index in [0.717, 1.165) is 19.6 Å². The molecule has 0 aliphatic carbocycles. The minimum atomic E-state index is -0.431. The molecule has 0 atom stereocenters. The summed E-state index contributed by atoms with van der Waals surface area (Å²) in [4.78, 5) is 14.1. The SMILES string of the molecule is CCOc1ccccc1NC(=O)OCCN1CCCCC1.Cl. The Morgan fingerprint density at radius 3 is 2.68 bits per heavy atom. The van der Waals surface area contributed by atoms with Crippen molar-refractivity contribution >= 4 is 24.2 Å². The van der Waals surface area contributed by atoms with Crippen molar-refractivity contribution in [3.63, 3.8) is 0 Å². The molecule has 6 heteroatoms. The Labute approximate surface area is 138 Å². The van der Waals surface area contributed by atoms with E-state index in [0.29, 0.717) is 24.7 Å². The first-order valence-corrected chi connectivity index (χ1v) is 7.67. The molecular formula is C16H25ClN2O3. The molecule has 1 aliphatic rings. The summed E-state index contributed by atoms with van der Waals surface area (Å²) in [5.41, 5.74) is 0.641. The first-order valence-electron chi connectivity index (χ1n) is 7.67. The second-order valence-corrected chi connectivity index (χ2v) is 5.09. The van der Waals surface area contributed by atoms with E-state index in [-0.39, 0.29) is 12.4 Å². The van der Waals surface area contributed by atoms with Gasteiger partial charge in [0, 0.05) is 6.54 Å². The molecular weight excluding hydrogens is 304 g/mol. The van der Waals surface area contributed by atoms with E-state index < -0.39 is 6.09 Å². The van der Waals surface area contributed by atoms with Crippen LogP contribution in [0.5, 0.6) is 5.75 Å². The average Bonchev–Trinajstić information content (AvgIpc) is 2.50. The van der Waals surface area contributed by atoms with E-state index in [1.807, 2.05) is 25.1 Å². The molecule has 1 aromatic carbocycles. The third-order valence-electron chi connectivity index (χ3n) is 3.51. The number of piperidine rings is 1. The normalized spacial score (nSPS) is 14.8. The van der Waals surface area contributed by atoms with E-state index in [2.05, 4.69) is 10.2 Å². The number of likely N-dealkylation sites (tertiary alicyclic amines) is 1. The van der Waals surface area contributed by atoms with Gasteiger partial charge < -0.3 is 9.47 Å². The Bertz CT molecular complexity index is 451. The van der Waals surface area contributed by atoms with Crippen LogP contribution in [0.2, 0.25) is 0 Å². The summed E-state index contributed by atoms with van der Waals surface area (Å²) in [6, 6.07) is 7.35. The number of hydrogen-bond acceptors (Lipinski definition) is 4. The number of halogens is 1. The van der Waals surface area contributed by atoms with E-state index in [1.54, 1.807) is 6.07 Å². The number of carbonyl (C=O) groups excluding carboxylic acids is 1. The molecule has 0 spiro atoms. The van der Waals surface area contributed by atoms with Gasteiger partial charge in [0.2, 0.25) is 0 Å². The number of amides is 1. The molecule has 0 bridgehead atoms. The highest BCUT2D eigenvalue weighted by molar-refractivity contribution is 5.86. The summed E-state index contributed by atoms with van der Waals surface area (Å²) in [7, 11) is 0. The molecule has 124 valence electrons. The minimum absolute atomic E-state index is 0. The van der Waals surface area contributed by atoms with Crippen molar-refractivity contribution in [2.75, 3.05) is 38.2 Å². The van der Waals surface area contributed by atoms with Crippen molar-refractivity contribution < 1.29 is 14.3 Å². The zero-order valence-corrected chi connectivity index (χ0v) is 13.9. The van der Waals surface area contributed by atoms with Gasteiger partial charge in [-0.3, -0.25) is 10.2 Å². The lowest BCUT2D eigenvalue weighted by Gasteiger charge is -2.25. The fraction of sp³-hybridized carbons (Fsp3) is 0.562. The zero-order valence-electron chi connectivity index (χ0n) is 13.0. The summed E-state index contributed by atoms with van der Waals surface area (Å²) in [6.07, 6.45) is 3.37. The number of benzene rings is 1. The smallest absolute Gasteiger partial charge is 0.411 e. The number of hydrogen-bond donors (Lipinski definition) is 1. The van der Waals surface area contributed by atoms with Crippen LogP contribution in [0.1, 0.15) is 26.2 Å². The molecule has 1 heterocycles. The molecule has 0 unspecified atom stereocenters. The van der Waals surface area contributed by atoms with Crippen LogP contribution in [0, 0.1) is 0 Å². The van der Waals surface area contributed by atoms with E-state index in [9.17, 15) is 4.79 Å². The van der Waals surface area contributed by atoms with Gasteiger partial charge in [0.05, 0.1) is 12.3 Å². The van der Waals surface area contributed by atoms with Crippen molar-refractivity contribution in [2.24, 2.45) is 0 Å². The van der Waals surface area contributed by atoms with Gasteiger partial charge in [0.25, 0.3) is 0 Å². The fourth-order valence-corrected chi connectivity index (χ4v) is 2.45. The maximum Gasteiger partial charge on any atom is 0.411 e. The summed E-state index contributed by atoms with van der Waals surface area (Å²) in [5, 5.41) is 2.73. The quantitative estimate of drug-likeness (QED) is 0.867. The summed E-state index contributed by atoms with van der Waals surface area (Å²) >= 11 is 0. The monoisotopic (exact) mass is 328 g/mol. The highest BCUT2D eigenvalue weighted by Crippen LogP contribution is 2.23. The van der Waals surface area contributed by atoms with Gasteiger partial charge in [-0.05, 0) is 45.0 Å². The Morgan fingerprint density at radius 1 is 1.23 bits per heavy atom. The molecule has 0 radical (unpaired) electrons. The highest BCUT2D eigenvalue weighted by atomic mass is 35.5. The topological polar surface area (TPSA) is 50.8 Å².